The number of carbonyl (C=O) groups excluding carboxylic acids is 4. The van der Waals surface area contributed by atoms with Crippen molar-refractivity contribution in [2.75, 3.05) is 18.1 Å². The number of Topliss-reactive ketones (excluding diaryl/α,β-unsaturated/α-hetero) is 1. The number of anilines is 1. The zero-order chi connectivity index (χ0) is 25.8. The van der Waals surface area contributed by atoms with Crippen LogP contribution in [-0.4, -0.2) is 36.8 Å². The Morgan fingerprint density at radius 2 is 1.67 bits per heavy atom. The first kappa shape index (κ1) is 25.9. The van der Waals surface area contributed by atoms with Crippen LogP contribution >= 0.6 is 39.1 Å². The lowest BCUT2D eigenvalue weighted by atomic mass is 10.1. The van der Waals surface area contributed by atoms with E-state index in [4.69, 9.17) is 32.7 Å². The molecule has 3 aromatic rings. The molecule has 0 aliphatic carbocycles. The second kappa shape index (κ2) is 11.2. The highest BCUT2D eigenvalue weighted by Crippen LogP contribution is 2.27. The van der Waals surface area contributed by atoms with Crippen molar-refractivity contribution in [1.29, 1.82) is 0 Å². The Bertz CT molecular complexity index is 1330. The highest BCUT2D eigenvalue weighted by atomic mass is 79.9. The van der Waals surface area contributed by atoms with Crippen molar-refractivity contribution in [3.63, 3.8) is 0 Å². The molecule has 0 radical (unpaired) electrons. The maximum Gasteiger partial charge on any atom is 0.345 e. The number of carbonyl (C=O) groups is 4. The number of hydrogen-bond donors (Lipinski definition) is 0. The van der Waals surface area contributed by atoms with E-state index in [0.717, 1.165) is 4.47 Å². The zero-order valence-corrected chi connectivity index (χ0v) is 21.7. The van der Waals surface area contributed by atoms with Crippen molar-refractivity contribution in [1.82, 2.24) is 0 Å². The molecular formula is C26H18BrCl2NO6. The summed E-state index contributed by atoms with van der Waals surface area (Å²) in [5.74, 6) is -2.35. The first-order valence-corrected chi connectivity index (χ1v) is 12.3. The average Bonchev–Trinajstić information content (AvgIpc) is 3.24. The first-order valence-electron chi connectivity index (χ1n) is 10.7. The molecule has 7 nitrogen and oxygen atoms in total. The molecule has 1 fully saturated rings. The summed E-state index contributed by atoms with van der Waals surface area (Å²) in [5, 5.41) is 0.548. The van der Waals surface area contributed by atoms with Crippen molar-refractivity contribution in [3.05, 3.63) is 92.4 Å². The summed E-state index contributed by atoms with van der Waals surface area (Å²) >= 11 is 15.2. The Hall–Kier alpha value is -3.20. The molecule has 3 aromatic carbocycles. The number of benzene rings is 3. The smallest absolute Gasteiger partial charge is 0.345 e. The molecule has 0 bridgehead atoms. The third-order valence-electron chi connectivity index (χ3n) is 5.48. The normalized spacial score (nSPS) is 15.0. The third kappa shape index (κ3) is 6.13. The molecule has 1 saturated heterocycles. The van der Waals surface area contributed by atoms with Crippen LogP contribution in [0.4, 0.5) is 5.69 Å². The Morgan fingerprint density at radius 1 is 0.972 bits per heavy atom. The SMILES string of the molecule is O=C(COC(=O)C1CC(=O)N(c2ccc(Br)cc2)C1)c1ccc(OC(=O)c2ccc(Cl)cc2Cl)cc1. The largest absolute Gasteiger partial charge is 0.457 e. The maximum atomic E-state index is 12.5. The predicted octanol–water partition coefficient (Wildman–Crippen LogP) is 5.75. The number of esters is 2. The number of amides is 1. The summed E-state index contributed by atoms with van der Waals surface area (Å²) in [7, 11) is 0. The zero-order valence-electron chi connectivity index (χ0n) is 18.6. The van der Waals surface area contributed by atoms with E-state index >= 15 is 0 Å². The molecule has 1 aliphatic heterocycles. The van der Waals surface area contributed by atoms with E-state index in [1.165, 1.54) is 47.4 Å². The summed E-state index contributed by atoms with van der Waals surface area (Å²) in [6, 6.07) is 17.4. The maximum absolute atomic E-state index is 12.5. The van der Waals surface area contributed by atoms with Crippen LogP contribution in [-0.2, 0) is 14.3 Å². The fourth-order valence-electron chi connectivity index (χ4n) is 3.60. The molecule has 184 valence electrons. The number of halogens is 3. The Morgan fingerprint density at radius 3 is 2.33 bits per heavy atom. The Labute approximate surface area is 225 Å². The lowest BCUT2D eigenvalue weighted by Gasteiger charge is -2.16. The Balaban J connectivity index is 1.29. The van der Waals surface area contributed by atoms with E-state index in [2.05, 4.69) is 15.9 Å². The van der Waals surface area contributed by atoms with Gasteiger partial charge in [0.15, 0.2) is 12.4 Å². The summed E-state index contributed by atoms with van der Waals surface area (Å²) in [6.45, 7) is -0.285. The molecule has 1 aliphatic rings. The summed E-state index contributed by atoms with van der Waals surface area (Å²) in [4.78, 5) is 51.2. The molecule has 0 saturated carbocycles. The van der Waals surface area contributed by atoms with Crippen LogP contribution in [0.15, 0.2) is 71.2 Å². The highest BCUT2D eigenvalue weighted by molar-refractivity contribution is 9.10. The van der Waals surface area contributed by atoms with E-state index in [0.29, 0.717) is 10.7 Å². The first-order chi connectivity index (χ1) is 17.2. The molecule has 0 spiro atoms. The number of ketones is 1. The molecular weight excluding hydrogens is 573 g/mol. The molecule has 0 aromatic heterocycles. The fourth-order valence-corrected chi connectivity index (χ4v) is 4.35. The lowest BCUT2D eigenvalue weighted by Crippen LogP contribution is -2.27. The van der Waals surface area contributed by atoms with E-state index in [9.17, 15) is 19.2 Å². The van der Waals surface area contributed by atoms with E-state index < -0.39 is 30.2 Å². The number of hydrogen-bond acceptors (Lipinski definition) is 6. The summed E-state index contributed by atoms with van der Waals surface area (Å²) in [6.07, 6.45) is 0.0147. The van der Waals surface area contributed by atoms with E-state index in [1.807, 2.05) is 12.1 Å². The third-order valence-corrected chi connectivity index (χ3v) is 6.56. The van der Waals surface area contributed by atoms with Crippen molar-refractivity contribution in [3.8, 4) is 5.75 Å². The van der Waals surface area contributed by atoms with Gasteiger partial charge in [-0.05, 0) is 66.7 Å². The standard InChI is InChI=1S/C26H18BrCl2NO6/c27-17-3-6-19(7-4-17)30-13-16(11-24(30)32)25(33)35-14-23(31)15-1-8-20(9-2-15)36-26(34)21-10-5-18(28)12-22(21)29/h1-10,12,16H,11,13-14H2. The van der Waals surface area contributed by atoms with Crippen LogP contribution < -0.4 is 9.64 Å². The molecule has 0 N–H and O–H groups in total. The fraction of sp³-hybridized carbons (Fsp3) is 0.154. The minimum Gasteiger partial charge on any atom is -0.457 e. The second-order valence-corrected chi connectivity index (χ2v) is 9.71. The molecule has 36 heavy (non-hydrogen) atoms. The van der Waals surface area contributed by atoms with Crippen LogP contribution in [0.5, 0.6) is 5.75 Å². The monoisotopic (exact) mass is 589 g/mol. The lowest BCUT2D eigenvalue weighted by molar-refractivity contribution is -0.147. The van der Waals surface area contributed by atoms with Gasteiger partial charge in [-0.25, -0.2) is 4.79 Å². The van der Waals surface area contributed by atoms with Crippen LogP contribution in [0.1, 0.15) is 27.1 Å². The molecule has 10 heteroatoms. The van der Waals surface area contributed by atoms with Gasteiger partial charge in [-0.3, -0.25) is 14.4 Å². The van der Waals surface area contributed by atoms with Crippen LogP contribution in [0.3, 0.4) is 0 Å². The molecule has 1 amide bonds. The van der Waals surface area contributed by atoms with Crippen molar-refractivity contribution in [2.45, 2.75) is 6.42 Å². The van der Waals surface area contributed by atoms with Gasteiger partial charge < -0.3 is 14.4 Å². The van der Waals surface area contributed by atoms with Gasteiger partial charge in [0.1, 0.15) is 5.75 Å². The van der Waals surface area contributed by atoms with Crippen molar-refractivity contribution < 1.29 is 28.7 Å². The molecule has 1 atom stereocenters. The minimum atomic E-state index is -0.673. The van der Waals surface area contributed by atoms with E-state index in [-0.39, 0.29) is 40.8 Å². The van der Waals surface area contributed by atoms with Gasteiger partial charge >= 0.3 is 11.9 Å². The molecule has 1 heterocycles. The highest BCUT2D eigenvalue weighted by Gasteiger charge is 2.36. The van der Waals surface area contributed by atoms with Gasteiger partial charge in [-0.2, -0.15) is 0 Å². The van der Waals surface area contributed by atoms with Gasteiger partial charge in [0.05, 0.1) is 16.5 Å². The Kier molecular flexibility index (Phi) is 8.08. The predicted molar refractivity (Wildman–Crippen MR) is 138 cm³/mol. The van der Waals surface area contributed by atoms with Crippen LogP contribution in [0.2, 0.25) is 10.0 Å². The quantitative estimate of drug-likeness (QED) is 0.198. The van der Waals surface area contributed by atoms with Gasteiger partial charge in [0.2, 0.25) is 5.91 Å². The van der Waals surface area contributed by atoms with Crippen LogP contribution in [0.25, 0.3) is 0 Å². The topological polar surface area (TPSA) is 90.0 Å². The number of ether oxygens (including phenoxy) is 2. The number of nitrogens with zero attached hydrogens (tertiary/aromatic N) is 1. The van der Waals surface area contributed by atoms with Crippen LogP contribution in [0, 0.1) is 5.92 Å². The summed E-state index contributed by atoms with van der Waals surface area (Å²) in [5.41, 5.74) is 1.11. The van der Waals surface area contributed by atoms with Crippen molar-refractivity contribution in [2.24, 2.45) is 5.92 Å². The molecule has 1 unspecified atom stereocenters. The van der Waals surface area contributed by atoms with Crippen molar-refractivity contribution >= 4 is 68.4 Å². The van der Waals surface area contributed by atoms with Gasteiger partial charge in [0.25, 0.3) is 0 Å². The van der Waals surface area contributed by atoms with Gasteiger partial charge in [-0.15, -0.1) is 0 Å². The summed E-state index contributed by atoms with van der Waals surface area (Å²) < 4.78 is 11.3. The molecule has 4 rings (SSSR count). The number of rotatable bonds is 7. The van der Waals surface area contributed by atoms with E-state index in [1.54, 1.807) is 12.1 Å². The minimum absolute atomic E-state index is 0.0147. The van der Waals surface area contributed by atoms with Gasteiger partial charge in [-0.1, -0.05) is 39.1 Å². The van der Waals surface area contributed by atoms with Gasteiger partial charge in [0, 0.05) is 33.7 Å². The second-order valence-electron chi connectivity index (χ2n) is 7.95. The average molecular weight is 591 g/mol.